The van der Waals surface area contributed by atoms with Gasteiger partial charge < -0.3 is 4.74 Å². The molecule has 0 bridgehead atoms. The first-order valence-corrected chi connectivity index (χ1v) is 11.1. The molecule has 29 heavy (non-hydrogen) atoms. The number of nitrogens with zero attached hydrogens (tertiary/aromatic N) is 1. The second kappa shape index (κ2) is 13.7. The van der Waals surface area contributed by atoms with Crippen molar-refractivity contribution in [3.05, 3.63) is 71.9 Å². The number of esters is 1. The Labute approximate surface area is 176 Å². The fourth-order valence-electron chi connectivity index (χ4n) is 3.42. The third-order valence-corrected chi connectivity index (χ3v) is 5.20. The second-order valence-electron chi connectivity index (χ2n) is 7.58. The number of carbonyl (C=O) groups is 1. The highest BCUT2D eigenvalue weighted by molar-refractivity contribution is 5.83. The van der Waals surface area contributed by atoms with E-state index in [1.165, 1.54) is 62.1 Å². The molecule has 0 saturated carbocycles. The van der Waals surface area contributed by atoms with Gasteiger partial charge in [0.05, 0.1) is 0 Å². The van der Waals surface area contributed by atoms with Crippen molar-refractivity contribution in [1.82, 2.24) is 4.98 Å². The molecule has 0 spiro atoms. The van der Waals surface area contributed by atoms with E-state index >= 15 is 0 Å². The van der Waals surface area contributed by atoms with Crippen LogP contribution >= 0.6 is 0 Å². The van der Waals surface area contributed by atoms with Crippen molar-refractivity contribution in [1.29, 1.82) is 0 Å². The van der Waals surface area contributed by atoms with E-state index < -0.39 is 0 Å². The summed E-state index contributed by atoms with van der Waals surface area (Å²) in [4.78, 5) is 16.4. The first kappa shape index (κ1) is 22.9. The molecule has 3 nitrogen and oxygen atoms in total. The zero-order valence-electron chi connectivity index (χ0n) is 18.0. The topological polar surface area (TPSA) is 39.2 Å². The van der Waals surface area contributed by atoms with Gasteiger partial charge >= 0.3 is 5.97 Å². The summed E-state index contributed by atoms with van der Waals surface area (Å²) in [6.45, 7) is 4.36. The summed E-state index contributed by atoms with van der Waals surface area (Å²) in [5, 5.41) is 0. The summed E-state index contributed by atoms with van der Waals surface area (Å²) in [5.74, 6) is 0.184. The molecule has 0 aliphatic rings. The number of pyridine rings is 1. The van der Waals surface area contributed by atoms with Gasteiger partial charge in [-0.05, 0) is 30.4 Å². The first-order chi connectivity index (χ1) is 14.2. The van der Waals surface area contributed by atoms with Crippen LogP contribution in [-0.4, -0.2) is 11.0 Å². The molecule has 0 fully saturated rings. The van der Waals surface area contributed by atoms with Crippen LogP contribution in [0.3, 0.4) is 0 Å². The van der Waals surface area contributed by atoms with E-state index in [2.05, 4.69) is 31.0 Å². The molecule has 1 heterocycles. The zero-order chi connectivity index (χ0) is 20.7. The summed E-state index contributed by atoms with van der Waals surface area (Å²) in [5.41, 5.74) is 2.40. The van der Waals surface area contributed by atoms with Gasteiger partial charge in [0.25, 0.3) is 0 Å². The van der Waals surface area contributed by atoms with Gasteiger partial charge in [-0.2, -0.15) is 0 Å². The minimum absolute atomic E-state index is 0.209. The van der Waals surface area contributed by atoms with Crippen molar-refractivity contribution >= 4 is 5.97 Å². The lowest BCUT2D eigenvalue weighted by molar-refractivity contribution is -0.129. The Balaban J connectivity index is 1.73. The molecule has 156 valence electrons. The van der Waals surface area contributed by atoms with Crippen LogP contribution in [0.1, 0.15) is 82.3 Å². The second-order valence-corrected chi connectivity index (χ2v) is 7.58. The molecule has 2 rings (SSSR count). The van der Waals surface area contributed by atoms with E-state index in [1.807, 2.05) is 36.5 Å². The van der Waals surface area contributed by atoms with Gasteiger partial charge in [0.15, 0.2) is 0 Å². The maximum Gasteiger partial charge on any atom is 0.337 e. The predicted molar refractivity (Wildman–Crippen MR) is 120 cm³/mol. The molecular weight excluding hydrogens is 358 g/mol. The average Bonchev–Trinajstić information content (AvgIpc) is 2.75. The van der Waals surface area contributed by atoms with Gasteiger partial charge in [-0.1, -0.05) is 94.8 Å². The first-order valence-electron chi connectivity index (χ1n) is 11.1. The maximum absolute atomic E-state index is 12.1. The minimum atomic E-state index is -0.383. The Kier molecular flexibility index (Phi) is 10.8. The number of aromatic nitrogens is 1. The van der Waals surface area contributed by atoms with Crippen LogP contribution < -0.4 is 4.74 Å². The molecular formula is C26H35NO2. The molecule has 0 radical (unpaired) electrons. The molecule has 0 amide bonds. The Morgan fingerprint density at radius 1 is 0.966 bits per heavy atom. The average molecular weight is 394 g/mol. The van der Waals surface area contributed by atoms with Crippen LogP contribution in [0.5, 0.6) is 5.88 Å². The van der Waals surface area contributed by atoms with Crippen molar-refractivity contribution < 1.29 is 9.53 Å². The van der Waals surface area contributed by atoms with Gasteiger partial charge in [-0.3, -0.25) is 0 Å². The Hall–Kier alpha value is -2.42. The van der Waals surface area contributed by atoms with Crippen LogP contribution in [0, 0.1) is 0 Å². The maximum atomic E-state index is 12.1. The van der Waals surface area contributed by atoms with Crippen LogP contribution in [0.2, 0.25) is 0 Å². The van der Waals surface area contributed by atoms with Crippen LogP contribution in [0.15, 0.2) is 60.8 Å². The molecule has 2 aromatic rings. The Bertz CT molecular complexity index is 722. The van der Waals surface area contributed by atoms with Gasteiger partial charge in [0, 0.05) is 24.3 Å². The van der Waals surface area contributed by atoms with E-state index in [-0.39, 0.29) is 11.9 Å². The number of unbranched alkanes of at least 4 members (excludes halogenated alkanes) is 6. The highest BCUT2D eigenvalue weighted by Gasteiger charge is 2.07. The van der Waals surface area contributed by atoms with Gasteiger partial charge in [0.1, 0.15) is 0 Å². The summed E-state index contributed by atoms with van der Waals surface area (Å²) < 4.78 is 5.34. The lowest BCUT2D eigenvalue weighted by Crippen LogP contribution is -2.06. The summed E-state index contributed by atoms with van der Waals surface area (Å²) >= 11 is 0. The van der Waals surface area contributed by atoms with Gasteiger partial charge in [-0.15, -0.1) is 0 Å². The molecule has 0 aliphatic heterocycles. The minimum Gasteiger partial charge on any atom is -0.404 e. The number of rotatable bonds is 13. The number of hydrogen-bond acceptors (Lipinski definition) is 3. The third kappa shape index (κ3) is 9.08. The van der Waals surface area contributed by atoms with E-state index in [0.717, 1.165) is 12.8 Å². The Morgan fingerprint density at radius 2 is 1.69 bits per heavy atom. The lowest BCUT2D eigenvalue weighted by Gasteiger charge is -2.09. The third-order valence-electron chi connectivity index (χ3n) is 5.20. The van der Waals surface area contributed by atoms with Crippen LogP contribution in [0.25, 0.3) is 0 Å². The number of allylic oxidation sites excluding steroid dienone is 1. The fourth-order valence-corrected chi connectivity index (χ4v) is 3.42. The van der Waals surface area contributed by atoms with E-state index in [0.29, 0.717) is 5.88 Å². The smallest absolute Gasteiger partial charge is 0.337 e. The van der Waals surface area contributed by atoms with E-state index in [4.69, 9.17) is 4.74 Å². The zero-order valence-corrected chi connectivity index (χ0v) is 18.0. The summed E-state index contributed by atoms with van der Waals surface area (Å²) in [7, 11) is 0. The number of carbonyl (C=O) groups excluding carboxylic acids is 1. The predicted octanol–water partition coefficient (Wildman–Crippen LogP) is 7.03. The standard InChI is InChI=1S/C26H35NO2/c1-3-5-6-7-8-9-11-14-22-17-19-25(27-21-22)29-26(28)20-18-23(4-2)24-15-12-10-13-16-24/h10,12-13,15-21,23H,3-9,11,14H2,1-2H3. The van der Waals surface area contributed by atoms with Crippen molar-refractivity contribution in [3.63, 3.8) is 0 Å². The Morgan fingerprint density at radius 3 is 2.34 bits per heavy atom. The number of ether oxygens (including phenoxy) is 1. The van der Waals surface area contributed by atoms with Crippen molar-refractivity contribution in [2.75, 3.05) is 0 Å². The molecule has 1 unspecified atom stereocenters. The number of hydrogen-bond donors (Lipinski definition) is 0. The number of aryl methyl sites for hydroxylation is 1. The quantitative estimate of drug-likeness (QED) is 0.208. The van der Waals surface area contributed by atoms with Crippen molar-refractivity contribution in [2.45, 2.75) is 77.6 Å². The largest absolute Gasteiger partial charge is 0.404 e. The van der Waals surface area contributed by atoms with E-state index in [9.17, 15) is 4.79 Å². The molecule has 1 aromatic carbocycles. The number of benzene rings is 1. The molecule has 1 atom stereocenters. The monoisotopic (exact) mass is 393 g/mol. The van der Waals surface area contributed by atoms with Crippen LogP contribution in [0.4, 0.5) is 0 Å². The summed E-state index contributed by atoms with van der Waals surface area (Å²) in [6, 6.07) is 14.0. The highest BCUT2D eigenvalue weighted by atomic mass is 16.5. The molecule has 3 heteroatoms. The van der Waals surface area contributed by atoms with Gasteiger partial charge in [-0.25, -0.2) is 9.78 Å². The van der Waals surface area contributed by atoms with Crippen molar-refractivity contribution in [2.24, 2.45) is 0 Å². The molecule has 0 saturated heterocycles. The summed E-state index contributed by atoms with van der Waals surface area (Å²) in [6.07, 6.45) is 16.3. The van der Waals surface area contributed by atoms with Crippen molar-refractivity contribution in [3.8, 4) is 5.88 Å². The SMILES string of the molecule is CCCCCCCCCc1ccc(OC(=O)C=CC(CC)c2ccccc2)nc1. The van der Waals surface area contributed by atoms with Crippen LogP contribution in [-0.2, 0) is 11.2 Å². The van der Waals surface area contributed by atoms with E-state index in [1.54, 1.807) is 6.07 Å². The molecule has 0 aliphatic carbocycles. The normalized spacial score (nSPS) is 12.2. The van der Waals surface area contributed by atoms with Gasteiger partial charge in [0.2, 0.25) is 5.88 Å². The molecule has 0 N–H and O–H groups in total. The lowest BCUT2D eigenvalue weighted by atomic mass is 9.96. The highest BCUT2D eigenvalue weighted by Crippen LogP contribution is 2.20. The molecule has 1 aromatic heterocycles. The fraction of sp³-hybridized carbons (Fsp3) is 0.462.